The maximum Gasteiger partial charge on any atom is 0.153 e. The third-order valence-corrected chi connectivity index (χ3v) is 2.29. The molecule has 0 fully saturated rings. The van der Waals surface area contributed by atoms with E-state index in [9.17, 15) is 5.21 Å². The Morgan fingerprint density at radius 2 is 2.60 bits per heavy atom. The Morgan fingerprint density at radius 3 is 3.40 bits per heavy atom. The maximum absolute atomic E-state index is 11.0. The van der Waals surface area contributed by atoms with E-state index in [1.807, 2.05) is 11.4 Å². The molecule has 0 saturated carbocycles. The summed E-state index contributed by atoms with van der Waals surface area (Å²) in [6.07, 6.45) is 0. The summed E-state index contributed by atoms with van der Waals surface area (Å²) in [6, 6.07) is 1.82. The molecule has 10 heavy (non-hydrogen) atoms. The lowest BCUT2D eigenvalue weighted by molar-refractivity contribution is 0.316. The summed E-state index contributed by atoms with van der Waals surface area (Å²) in [5.41, 5.74) is 0. The molecule has 2 rings (SSSR count). The van der Waals surface area contributed by atoms with E-state index in [2.05, 4.69) is 0 Å². The van der Waals surface area contributed by atoms with Crippen molar-refractivity contribution < 1.29 is 4.74 Å². The smallest absolute Gasteiger partial charge is 0.153 e. The largest absolute Gasteiger partial charge is 0.758 e. The molecule has 0 spiro atoms. The van der Waals surface area contributed by atoms with Gasteiger partial charge in [-0.3, -0.25) is 0 Å². The number of thiophene rings is 1. The number of anilines is 1. The number of fused-ring (bicyclic) bond motifs is 1. The molecule has 0 radical (unpaired) electrons. The van der Waals surface area contributed by atoms with Crippen LogP contribution in [0.2, 0.25) is 0 Å². The van der Waals surface area contributed by atoms with Crippen LogP contribution in [0.4, 0.5) is 5.00 Å². The van der Waals surface area contributed by atoms with E-state index in [1.165, 1.54) is 11.3 Å². The molecule has 54 valence electrons. The second-order valence-corrected chi connectivity index (χ2v) is 2.94. The normalized spacial score (nSPS) is 16.3. The molecule has 1 aromatic heterocycles. The van der Waals surface area contributed by atoms with Crippen molar-refractivity contribution >= 4 is 16.3 Å². The molecule has 0 aromatic carbocycles. The van der Waals surface area contributed by atoms with Crippen LogP contribution < -0.4 is 9.80 Å². The molecular formula is C6H6NO2S-. The van der Waals surface area contributed by atoms with Gasteiger partial charge in [0.1, 0.15) is 11.6 Å². The molecule has 0 saturated heterocycles. The van der Waals surface area contributed by atoms with Gasteiger partial charge in [0, 0.05) is 6.54 Å². The van der Waals surface area contributed by atoms with Gasteiger partial charge >= 0.3 is 0 Å². The van der Waals surface area contributed by atoms with Crippen LogP contribution in [0.5, 0.6) is 5.75 Å². The number of hydrogen-bond acceptors (Lipinski definition) is 4. The Balaban J connectivity index is 2.41. The lowest BCUT2D eigenvalue weighted by atomic mass is 10.5. The molecule has 1 aromatic rings. The highest BCUT2D eigenvalue weighted by atomic mass is 32.1. The Labute approximate surface area is 62.4 Å². The molecule has 0 unspecified atom stereocenters. The number of hydroxylamine groups is 1. The van der Waals surface area contributed by atoms with Crippen LogP contribution >= 0.6 is 11.3 Å². The molecule has 3 nitrogen and oxygen atoms in total. The fourth-order valence-corrected chi connectivity index (χ4v) is 1.69. The summed E-state index contributed by atoms with van der Waals surface area (Å²) < 4.78 is 5.20. The van der Waals surface area contributed by atoms with E-state index in [0.717, 1.165) is 10.8 Å². The van der Waals surface area contributed by atoms with Gasteiger partial charge in [-0.1, -0.05) is 0 Å². The predicted octanol–water partition coefficient (Wildman–Crippen LogP) is 1.44. The third kappa shape index (κ3) is 0.767. The van der Waals surface area contributed by atoms with Gasteiger partial charge in [-0.2, -0.15) is 0 Å². The molecule has 0 N–H and O–H groups in total. The third-order valence-electron chi connectivity index (χ3n) is 1.39. The van der Waals surface area contributed by atoms with Gasteiger partial charge in [0.05, 0.1) is 0 Å². The Hall–Kier alpha value is -0.740. The molecule has 0 aliphatic carbocycles. The van der Waals surface area contributed by atoms with Gasteiger partial charge in [-0.05, 0) is 11.4 Å². The van der Waals surface area contributed by atoms with Crippen LogP contribution in [0.3, 0.4) is 0 Å². The molecule has 2 heterocycles. The standard InChI is InChI=1S/C6H6NO2S/c8-7-2-3-9-5-1-4-10-6(5)7/h1,4H,2-3H2/q-1. The summed E-state index contributed by atoms with van der Waals surface area (Å²) in [5.74, 6) is 0.728. The Kier molecular flexibility index (Phi) is 1.28. The zero-order valence-electron chi connectivity index (χ0n) is 5.24. The minimum Gasteiger partial charge on any atom is -0.758 e. The highest BCUT2D eigenvalue weighted by Gasteiger charge is 2.11. The van der Waals surface area contributed by atoms with E-state index < -0.39 is 0 Å². The molecule has 0 amide bonds. The van der Waals surface area contributed by atoms with E-state index in [1.54, 1.807) is 0 Å². The van der Waals surface area contributed by atoms with Gasteiger partial charge in [0.25, 0.3) is 0 Å². The number of ether oxygens (including phenoxy) is 1. The Bertz CT molecular complexity index is 235. The SMILES string of the molecule is [O-]N1CCOc2ccsc21. The first-order chi connectivity index (χ1) is 4.88. The second-order valence-electron chi connectivity index (χ2n) is 2.04. The van der Waals surface area contributed by atoms with E-state index in [-0.39, 0.29) is 0 Å². The lowest BCUT2D eigenvalue weighted by Gasteiger charge is -2.33. The first kappa shape index (κ1) is 6.00. The average Bonchev–Trinajstić information content (AvgIpc) is 2.36. The highest BCUT2D eigenvalue weighted by molar-refractivity contribution is 7.14. The molecule has 0 bridgehead atoms. The number of rotatable bonds is 0. The zero-order chi connectivity index (χ0) is 6.97. The van der Waals surface area contributed by atoms with Crippen molar-refractivity contribution in [2.24, 2.45) is 0 Å². The molecule has 4 heteroatoms. The molecule has 0 atom stereocenters. The maximum atomic E-state index is 11.0. The van der Waals surface area contributed by atoms with Crippen molar-refractivity contribution in [3.8, 4) is 5.75 Å². The van der Waals surface area contributed by atoms with Crippen LogP contribution in [0.25, 0.3) is 0 Å². The summed E-state index contributed by atoms with van der Waals surface area (Å²) in [4.78, 5) is 0. The van der Waals surface area contributed by atoms with Gasteiger partial charge in [-0.15, -0.1) is 11.3 Å². The van der Waals surface area contributed by atoms with Crippen LogP contribution in [-0.4, -0.2) is 13.2 Å². The van der Waals surface area contributed by atoms with Gasteiger partial charge in [0.2, 0.25) is 0 Å². The van der Waals surface area contributed by atoms with Crippen LogP contribution in [0, 0.1) is 5.21 Å². The Morgan fingerprint density at radius 1 is 1.70 bits per heavy atom. The minimum absolute atomic E-state index is 0.452. The van der Waals surface area contributed by atoms with E-state index in [0.29, 0.717) is 18.2 Å². The fourth-order valence-electron chi connectivity index (χ4n) is 0.921. The minimum atomic E-state index is 0.452. The lowest BCUT2D eigenvalue weighted by Crippen LogP contribution is -2.25. The van der Waals surface area contributed by atoms with E-state index >= 15 is 0 Å². The van der Waals surface area contributed by atoms with Crippen LogP contribution in [-0.2, 0) is 0 Å². The number of hydrogen-bond donors (Lipinski definition) is 0. The van der Waals surface area contributed by atoms with Crippen LogP contribution in [0.1, 0.15) is 0 Å². The van der Waals surface area contributed by atoms with Crippen molar-refractivity contribution in [2.45, 2.75) is 0 Å². The van der Waals surface area contributed by atoms with Gasteiger partial charge in [-0.25, -0.2) is 0 Å². The number of nitrogens with zero attached hydrogens (tertiary/aromatic N) is 1. The van der Waals surface area contributed by atoms with Crippen molar-refractivity contribution in [1.82, 2.24) is 0 Å². The van der Waals surface area contributed by atoms with Crippen LogP contribution in [0.15, 0.2) is 11.4 Å². The molecule has 1 aliphatic heterocycles. The predicted molar refractivity (Wildman–Crippen MR) is 40.5 cm³/mol. The molecular weight excluding hydrogens is 150 g/mol. The monoisotopic (exact) mass is 156 g/mol. The first-order valence-electron chi connectivity index (χ1n) is 3.03. The zero-order valence-corrected chi connectivity index (χ0v) is 6.06. The highest BCUT2D eigenvalue weighted by Crippen LogP contribution is 2.36. The molecule has 1 aliphatic rings. The second kappa shape index (κ2) is 2.14. The van der Waals surface area contributed by atoms with Crippen molar-refractivity contribution in [2.75, 3.05) is 18.2 Å². The summed E-state index contributed by atoms with van der Waals surface area (Å²) in [7, 11) is 0. The first-order valence-corrected chi connectivity index (χ1v) is 3.91. The topological polar surface area (TPSA) is 35.5 Å². The van der Waals surface area contributed by atoms with Crippen molar-refractivity contribution in [1.29, 1.82) is 0 Å². The summed E-state index contributed by atoms with van der Waals surface area (Å²) >= 11 is 1.42. The quantitative estimate of drug-likeness (QED) is 0.570. The summed E-state index contributed by atoms with van der Waals surface area (Å²) in [6.45, 7) is 0.959. The summed E-state index contributed by atoms with van der Waals surface area (Å²) in [5, 5.41) is 14.5. The van der Waals surface area contributed by atoms with Crippen molar-refractivity contribution in [3.05, 3.63) is 16.7 Å². The van der Waals surface area contributed by atoms with E-state index in [4.69, 9.17) is 4.74 Å². The fraction of sp³-hybridized carbons (Fsp3) is 0.333. The van der Waals surface area contributed by atoms with Crippen molar-refractivity contribution in [3.63, 3.8) is 0 Å². The average molecular weight is 156 g/mol. The van der Waals surface area contributed by atoms with Gasteiger partial charge < -0.3 is 15.0 Å². The van der Waals surface area contributed by atoms with Gasteiger partial charge in [0.15, 0.2) is 5.75 Å².